The zero-order valence-corrected chi connectivity index (χ0v) is 16.4. The first-order valence-electron chi connectivity index (χ1n) is 7.72. The molecule has 0 saturated carbocycles. The summed E-state index contributed by atoms with van der Waals surface area (Å²) >= 11 is 7.21. The van der Waals surface area contributed by atoms with E-state index in [-0.39, 0.29) is 11.4 Å². The number of hydrogen-bond acceptors (Lipinski definition) is 4. The Morgan fingerprint density at radius 1 is 1.42 bits per heavy atom. The van der Waals surface area contributed by atoms with E-state index in [1.54, 1.807) is 0 Å². The topological polar surface area (TPSA) is 69.7 Å². The summed E-state index contributed by atoms with van der Waals surface area (Å²) in [7, 11) is -0.934. The molecule has 1 aliphatic rings. The number of thiophene rings is 1. The molecule has 1 aromatic carbocycles. The van der Waals surface area contributed by atoms with Gasteiger partial charge in [0.2, 0.25) is 5.91 Å². The van der Waals surface area contributed by atoms with Crippen LogP contribution in [0, 0.1) is 5.82 Å². The molecule has 0 aliphatic carbocycles. The third kappa shape index (κ3) is 3.63. The number of likely N-dealkylation sites (N-methyl/N-ethyl adjacent to an activating group) is 2. The summed E-state index contributed by atoms with van der Waals surface area (Å²) < 4.78 is 41.9. The summed E-state index contributed by atoms with van der Waals surface area (Å²) in [6.45, 7) is 0. The number of nitrogens with zero attached hydrogens (tertiary/aromatic N) is 2. The lowest BCUT2D eigenvalue weighted by Crippen LogP contribution is -2.57. The van der Waals surface area contributed by atoms with Crippen molar-refractivity contribution in [1.82, 2.24) is 9.03 Å². The van der Waals surface area contributed by atoms with Crippen LogP contribution in [0.4, 0.5) is 10.1 Å². The Hall–Kier alpha value is -1.52. The summed E-state index contributed by atoms with van der Waals surface area (Å²) in [6.07, 6.45) is 0.286. The van der Waals surface area contributed by atoms with Gasteiger partial charge in [-0.15, -0.1) is 11.3 Å². The second-order valence-electron chi connectivity index (χ2n) is 5.95. The Bertz CT molecular complexity index is 921. The highest BCUT2D eigenvalue weighted by atomic mass is 35.5. The number of halogens is 2. The number of carbonyl (C=O) groups excluding carboxylic acids is 1. The lowest BCUT2D eigenvalue weighted by Gasteiger charge is -2.37. The van der Waals surface area contributed by atoms with Crippen LogP contribution in [-0.4, -0.2) is 38.8 Å². The molecule has 26 heavy (non-hydrogen) atoms. The molecule has 10 heteroatoms. The van der Waals surface area contributed by atoms with Gasteiger partial charge in [0.1, 0.15) is 11.9 Å². The molecule has 0 radical (unpaired) electrons. The maximum absolute atomic E-state index is 13.4. The number of benzene rings is 1. The Morgan fingerprint density at radius 3 is 2.77 bits per heavy atom. The number of anilines is 1. The molecule has 2 unspecified atom stereocenters. The van der Waals surface area contributed by atoms with Crippen LogP contribution < -0.4 is 9.62 Å². The largest absolute Gasteiger partial charge is 0.314 e. The van der Waals surface area contributed by atoms with Gasteiger partial charge in [0.25, 0.3) is 10.2 Å². The number of amides is 1. The van der Waals surface area contributed by atoms with Gasteiger partial charge in [0, 0.05) is 24.7 Å². The standard InChI is InChI=1S/C16H17ClFN3O3S2/c1-20(10-5-6-12(18)11(17)8-10)16(22)14-9-13(15-4-3-7-25-15)19-26(23,24)21(14)2/h3-8,13-14,19H,9H2,1-2H3. The highest BCUT2D eigenvalue weighted by Crippen LogP contribution is 2.32. The molecule has 1 aliphatic heterocycles. The molecule has 1 aromatic heterocycles. The van der Waals surface area contributed by atoms with Crippen molar-refractivity contribution in [3.8, 4) is 0 Å². The minimum atomic E-state index is -3.81. The fraction of sp³-hybridized carbons (Fsp3) is 0.312. The van der Waals surface area contributed by atoms with E-state index < -0.39 is 34.0 Å². The van der Waals surface area contributed by atoms with Gasteiger partial charge in [-0.1, -0.05) is 17.7 Å². The fourth-order valence-corrected chi connectivity index (χ4v) is 5.12. The Balaban J connectivity index is 1.89. The van der Waals surface area contributed by atoms with E-state index in [0.717, 1.165) is 9.18 Å². The van der Waals surface area contributed by atoms with Gasteiger partial charge in [0.05, 0.1) is 11.1 Å². The first kappa shape index (κ1) is 19.2. The molecule has 1 fully saturated rings. The fourth-order valence-electron chi connectivity index (χ4n) is 2.81. The second kappa shape index (κ2) is 7.24. The van der Waals surface area contributed by atoms with Crippen molar-refractivity contribution in [1.29, 1.82) is 0 Å². The summed E-state index contributed by atoms with van der Waals surface area (Å²) in [4.78, 5) is 15.1. The van der Waals surface area contributed by atoms with E-state index in [2.05, 4.69) is 4.72 Å². The molecule has 0 spiro atoms. The van der Waals surface area contributed by atoms with Crippen molar-refractivity contribution >= 4 is 44.7 Å². The highest BCUT2D eigenvalue weighted by molar-refractivity contribution is 7.87. The third-order valence-corrected chi connectivity index (χ3v) is 7.23. The van der Waals surface area contributed by atoms with Crippen molar-refractivity contribution < 1.29 is 17.6 Å². The van der Waals surface area contributed by atoms with E-state index in [9.17, 15) is 17.6 Å². The number of hydrogen-bond donors (Lipinski definition) is 1. The van der Waals surface area contributed by atoms with Gasteiger partial charge < -0.3 is 4.90 Å². The second-order valence-corrected chi connectivity index (χ2v) is 9.10. The minimum Gasteiger partial charge on any atom is -0.314 e. The molecule has 3 rings (SSSR count). The molecular weight excluding hydrogens is 401 g/mol. The maximum atomic E-state index is 13.4. The van der Waals surface area contributed by atoms with Crippen LogP contribution in [0.3, 0.4) is 0 Å². The smallest absolute Gasteiger partial charge is 0.280 e. The molecule has 2 heterocycles. The summed E-state index contributed by atoms with van der Waals surface area (Å²) in [5.74, 6) is -1.00. The summed E-state index contributed by atoms with van der Waals surface area (Å²) in [5.41, 5.74) is 0.387. The van der Waals surface area contributed by atoms with Crippen molar-refractivity contribution in [2.24, 2.45) is 0 Å². The SMILES string of the molecule is CN(C(=O)C1CC(c2cccs2)NS(=O)(=O)N1C)c1ccc(F)c(Cl)c1. The van der Waals surface area contributed by atoms with Crippen LogP contribution in [0.15, 0.2) is 35.7 Å². The van der Waals surface area contributed by atoms with E-state index in [1.165, 1.54) is 48.5 Å². The Labute approximate surface area is 160 Å². The molecule has 0 bridgehead atoms. The molecule has 140 valence electrons. The van der Waals surface area contributed by atoms with E-state index in [0.29, 0.717) is 5.69 Å². The predicted molar refractivity (Wildman–Crippen MR) is 100 cm³/mol. The van der Waals surface area contributed by atoms with Crippen LogP contribution in [-0.2, 0) is 15.0 Å². The van der Waals surface area contributed by atoms with Crippen LogP contribution in [0.2, 0.25) is 5.02 Å². The van der Waals surface area contributed by atoms with E-state index >= 15 is 0 Å². The van der Waals surface area contributed by atoms with E-state index in [4.69, 9.17) is 11.6 Å². The van der Waals surface area contributed by atoms with Crippen molar-refractivity contribution in [2.45, 2.75) is 18.5 Å². The van der Waals surface area contributed by atoms with Crippen molar-refractivity contribution in [3.05, 3.63) is 51.4 Å². The van der Waals surface area contributed by atoms with Gasteiger partial charge in [-0.3, -0.25) is 4.79 Å². The number of carbonyl (C=O) groups is 1. The summed E-state index contributed by atoms with van der Waals surface area (Å²) in [6, 6.07) is 6.22. The van der Waals surface area contributed by atoms with Gasteiger partial charge in [0.15, 0.2) is 0 Å². The molecule has 2 aromatic rings. The van der Waals surface area contributed by atoms with Crippen molar-refractivity contribution in [2.75, 3.05) is 19.0 Å². The van der Waals surface area contributed by atoms with E-state index in [1.807, 2.05) is 17.5 Å². The highest BCUT2D eigenvalue weighted by Gasteiger charge is 2.42. The van der Waals surface area contributed by atoms with Gasteiger partial charge in [-0.25, -0.2) is 4.39 Å². The van der Waals surface area contributed by atoms with Crippen LogP contribution in [0.5, 0.6) is 0 Å². The Kier molecular flexibility index (Phi) is 5.36. The van der Waals surface area contributed by atoms with Gasteiger partial charge in [-0.2, -0.15) is 17.4 Å². The van der Waals surface area contributed by atoms with Crippen LogP contribution in [0.25, 0.3) is 0 Å². The molecule has 6 nitrogen and oxygen atoms in total. The van der Waals surface area contributed by atoms with Crippen LogP contribution in [0.1, 0.15) is 17.3 Å². The van der Waals surface area contributed by atoms with Gasteiger partial charge >= 0.3 is 0 Å². The normalized spacial score (nSPS) is 22.9. The number of rotatable bonds is 3. The predicted octanol–water partition coefficient (Wildman–Crippen LogP) is 2.78. The molecule has 1 amide bonds. The van der Waals surface area contributed by atoms with Crippen LogP contribution >= 0.6 is 22.9 Å². The molecule has 1 saturated heterocycles. The zero-order chi connectivity index (χ0) is 19.1. The number of nitrogens with one attached hydrogen (secondary N) is 1. The maximum Gasteiger partial charge on any atom is 0.280 e. The molecule has 2 atom stereocenters. The lowest BCUT2D eigenvalue weighted by molar-refractivity contribution is -0.122. The average molecular weight is 418 g/mol. The molecule has 1 N–H and O–H groups in total. The first-order valence-corrected chi connectivity index (χ1v) is 10.4. The zero-order valence-electron chi connectivity index (χ0n) is 14.0. The average Bonchev–Trinajstić information content (AvgIpc) is 3.13. The van der Waals surface area contributed by atoms with Crippen molar-refractivity contribution in [3.63, 3.8) is 0 Å². The summed E-state index contributed by atoms with van der Waals surface area (Å²) in [5, 5.41) is 1.75. The quantitative estimate of drug-likeness (QED) is 0.834. The third-order valence-electron chi connectivity index (χ3n) is 4.36. The minimum absolute atomic E-state index is 0.107. The first-order chi connectivity index (χ1) is 12.2. The molecular formula is C16H17ClFN3O3S2. The van der Waals surface area contributed by atoms with Gasteiger partial charge in [-0.05, 0) is 36.1 Å². The monoisotopic (exact) mass is 417 g/mol. The lowest BCUT2D eigenvalue weighted by atomic mass is 10.0. The Morgan fingerprint density at radius 2 is 2.15 bits per heavy atom.